The van der Waals surface area contributed by atoms with E-state index >= 15 is 0 Å². The number of amides is 1. The van der Waals surface area contributed by atoms with Crippen molar-refractivity contribution in [2.24, 2.45) is 0 Å². The molecule has 1 amide bonds. The maximum atomic E-state index is 13.3. The molecule has 0 radical (unpaired) electrons. The van der Waals surface area contributed by atoms with Crippen molar-refractivity contribution in [3.63, 3.8) is 0 Å². The summed E-state index contributed by atoms with van der Waals surface area (Å²) in [7, 11) is -1.01. The van der Waals surface area contributed by atoms with Gasteiger partial charge in [-0.05, 0) is 60.4 Å². The molecule has 0 aliphatic carbocycles. The van der Waals surface area contributed by atoms with Crippen LogP contribution in [0, 0.1) is 6.92 Å². The van der Waals surface area contributed by atoms with Crippen LogP contribution in [-0.4, -0.2) is 38.1 Å². The van der Waals surface area contributed by atoms with E-state index in [1.54, 1.807) is 49.4 Å². The minimum absolute atomic E-state index is 0.00281. The molecule has 1 N–H and O–H groups in total. The highest BCUT2D eigenvalue weighted by Crippen LogP contribution is 2.31. The van der Waals surface area contributed by atoms with Crippen molar-refractivity contribution in [3.8, 4) is 17.0 Å². The molecule has 10 heteroatoms. The number of aryl methyl sites for hydroxylation is 1. The fourth-order valence-corrected chi connectivity index (χ4v) is 5.09. The summed E-state index contributed by atoms with van der Waals surface area (Å²) in [5.74, 6) is 0.0214. The van der Waals surface area contributed by atoms with Crippen LogP contribution in [0.15, 0.2) is 77.0 Å². The van der Waals surface area contributed by atoms with Gasteiger partial charge in [0.2, 0.25) is 0 Å². The van der Waals surface area contributed by atoms with E-state index in [1.165, 1.54) is 37.8 Å². The Labute approximate surface area is 202 Å². The Morgan fingerprint density at radius 1 is 1.06 bits per heavy atom. The summed E-state index contributed by atoms with van der Waals surface area (Å²) >= 11 is 1.26. The second-order valence-electron chi connectivity index (χ2n) is 7.44. The Morgan fingerprint density at radius 2 is 1.79 bits per heavy atom. The number of nitrogens with zero attached hydrogens (tertiary/aromatic N) is 3. The summed E-state index contributed by atoms with van der Waals surface area (Å²) in [6, 6.07) is 18.5. The topological polar surface area (TPSA) is 101 Å². The summed E-state index contributed by atoms with van der Waals surface area (Å²) in [6.07, 6.45) is 0. The van der Waals surface area contributed by atoms with Gasteiger partial charge < -0.3 is 10.1 Å². The molecule has 3 aromatic carbocycles. The van der Waals surface area contributed by atoms with Gasteiger partial charge >= 0.3 is 0 Å². The number of hydrogen-bond acceptors (Lipinski definition) is 7. The lowest BCUT2D eigenvalue weighted by atomic mass is 10.1. The molecule has 0 aliphatic rings. The normalized spacial score (nSPS) is 11.1. The van der Waals surface area contributed by atoms with Gasteiger partial charge in [0.05, 0.1) is 17.7 Å². The molecule has 0 aliphatic heterocycles. The molecule has 0 bridgehead atoms. The number of ether oxygens (including phenoxy) is 1. The van der Waals surface area contributed by atoms with E-state index in [9.17, 15) is 13.2 Å². The van der Waals surface area contributed by atoms with E-state index in [2.05, 4.69) is 14.9 Å². The zero-order valence-corrected chi connectivity index (χ0v) is 20.4. The molecule has 0 spiro atoms. The van der Waals surface area contributed by atoms with E-state index in [4.69, 9.17) is 4.74 Å². The molecule has 0 fully saturated rings. The highest BCUT2D eigenvalue weighted by atomic mass is 32.2. The summed E-state index contributed by atoms with van der Waals surface area (Å²) in [4.78, 5) is 13.0. The lowest BCUT2D eigenvalue weighted by Gasteiger charge is -2.22. The molecule has 0 unspecified atom stereocenters. The van der Waals surface area contributed by atoms with Gasteiger partial charge in [0, 0.05) is 29.2 Å². The minimum Gasteiger partial charge on any atom is -0.495 e. The van der Waals surface area contributed by atoms with Gasteiger partial charge in [-0.2, -0.15) is 0 Å². The van der Waals surface area contributed by atoms with Crippen molar-refractivity contribution >= 4 is 38.8 Å². The maximum absolute atomic E-state index is 13.3. The van der Waals surface area contributed by atoms with E-state index in [-0.39, 0.29) is 10.5 Å². The first-order valence-corrected chi connectivity index (χ1v) is 12.5. The summed E-state index contributed by atoms with van der Waals surface area (Å²) in [6.45, 7) is 1.76. The average Bonchev–Trinajstić information content (AvgIpc) is 3.39. The summed E-state index contributed by atoms with van der Waals surface area (Å²) in [5.41, 5.74) is 3.54. The number of anilines is 2. The van der Waals surface area contributed by atoms with E-state index in [0.717, 1.165) is 15.6 Å². The number of sulfonamides is 1. The van der Waals surface area contributed by atoms with Gasteiger partial charge in [-0.15, -0.1) is 5.10 Å². The van der Waals surface area contributed by atoms with Crippen LogP contribution in [0.5, 0.6) is 5.75 Å². The van der Waals surface area contributed by atoms with Crippen LogP contribution in [-0.2, 0) is 10.0 Å². The number of benzene rings is 3. The predicted octanol–water partition coefficient (Wildman–Crippen LogP) is 4.60. The van der Waals surface area contributed by atoms with Crippen molar-refractivity contribution in [3.05, 3.63) is 83.2 Å². The number of carbonyl (C=O) groups excluding carboxylic acids is 1. The molecule has 0 saturated carbocycles. The molecule has 4 rings (SSSR count). The Morgan fingerprint density at radius 3 is 2.47 bits per heavy atom. The first-order valence-electron chi connectivity index (χ1n) is 10.2. The van der Waals surface area contributed by atoms with Gasteiger partial charge in [-0.1, -0.05) is 34.8 Å². The first kappa shape index (κ1) is 23.4. The second-order valence-corrected chi connectivity index (χ2v) is 10.0. The van der Waals surface area contributed by atoms with Crippen molar-refractivity contribution in [2.45, 2.75) is 11.8 Å². The molecule has 8 nitrogen and oxygen atoms in total. The zero-order chi connectivity index (χ0) is 24.3. The van der Waals surface area contributed by atoms with E-state index in [0.29, 0.717) is 22.7 Å². The monoisotopic (exact) mass is 494 g/mol. The molecule has 1 heterocycles. The van der Waals surface area contributed by atoms with E-state index < -0.39 is 15.9 Å². The minimum atomic E-state index is -3.94. The number of hydrogen-bond donors (Lipinski definition) is 1. The van der Waals surface area contributed by atoms with Crippen LogP contribution < -0.4 is 14.4 Å². The summed E-state index contributed by atoms with van der Waals surface area (Å²) < 4.78 is 36.9. The fraction of sp³-hybridized carbons (Fsp3) is 0.125. The quantitative estimate of drug-likeness (QED) is 0.403. The first-order chi connectivity index (χ1) is 16.3. The Kier molecular flexibility index (Phi) is 6.62. The second kappa shape index (κ2) is 9.62. The number of methoxy groups -OCH3 is 1. The molecular formula is C24H22N4O4S2. The zero-order valence-electron chi connectivity index (χ0n) is 18.7. The molecular weight excluding hydrogens is 472 g/mol. The van der Waals surface area contributed by atoms with Crippen LogP contribution >= 0.6 is 11.5 Å². The number of aromatic nitrogens is 2. The molecule has 0 atom stereocenters. The highest BCUT2D eigenvalue weighted by Gasteiger charge is 2.25. The standard InChI is InChI=1S/C24H22N4O4S2/c1-16-8-13-19(34(30,31)28(2)22-6-4-5-7-23(22)32-3)14-20(16)24(29)25-18-11-9-17(10-12-18)21-15-33-27-26-21/h4-15H,1-3H3,(H,25,29). The lowest BCUT2D eigenvalue weighted by Crippen LogP contribution is -2.27. The Balaban J connectivity index is 1.59. The third-order valence-electron chi connectivity index (χ3n) is 5.34. The number of rotatable bonds is 7. The largest absolute Gasteiger partial charge is 0.495 e. The van der Waals surface area contributed by atoms with Gasteiger partial charge in [0.1, 0.15) is 11.4 Å². The number of carbonyl (C=O) groups is 1. The molecule has 174 valence electrons. The average molecular weight is 495 g/mol. The Bertz CT molecular complexity index is 1420. The molecule has 0 saturated heterocycles. The highest BCUT2D eigenvalue weighted by molar-refractivity contribution is 7.92. The van der Waals surface area contributed by atoms with Crippen molar-refractivity contribution < 1.29 is 17.9 Å². The van der Waals surface area contributed by atoms with Crippen LogP contribution in [0.3, 0.4) is 0 Å². The van der Waals surface area contributed by atoms with Crippen LogP contribution in [0.25, 0.3) is 11.3 Å². The third-order valence-corrected chi connectivity index (χ3v) is 7.61. The maximum Gasteiger partial charge on any atom is 0.264 e. The van der Waals surface area contributed by atoms with Crippen LogP contribution in [0.1, 0.15) is 15.9 Å². The lowest BCUT2D eigenvalue weighted by molar-refractivity contribution is 0.102. The number of para-hydroxylation sites is 2. The summed E-state index contributed by atoms with van der Waals surface area (Å²) in [5, 5.41) is 8.70. The fourth-order valence-electron chi connectivity index (χ4n) is 3.40. The van der Waals surface area contributed by atoms with Crippen LogP contribution in [0.2, 0.25) is 0 Å². The van der Waals surface area contributed by atoms with Crippen LogP contribution in [0.4, 0.5) is 11.4 Å². The molecule has 1 aromatic heterocycles. The van der Waals surface area contributed by atoms with Crippen molar-refractivity contribution in [1.29, 1.82) is 0 Å². The van der Waals surface area contributed by atoms with Gasteiger partial charge in [0.25, 0.3) is 15.9 Å². The van der Waals surface area contributed by atoms with Gasteiger partial charge in [-0.25, -0.2) is 8.42 Å². The Hall–Kier alpha value is -3.76. The van der Waals surface area contributed by atoms with E-state index in [1.807, 2.05) is 17.5 Å². The van der Waals surface area contributed by atoms with Gasteiger partial charge in [0.15, 0.2) is 0 Å². The predicted molar refractivity (Wildman–Crippen MR) is 133 cm³/mol. The number of nitrogens with one attached hydrogen (secondary N) is 1. The SMILES string of the molecule is COc1ccccc1N(C)S(=O)(=O)c1ccc(C)c(C(=O)Nc2ccc(-c3csnn3)cc2)c1. The third kappa shape index (κ3) is 4.63. The smallest absolute Gasteiger partial charge is 0.264 e. The molecule has 4 aromatic rings. The van der Waals surface area contributed by atoms with Crippen molar-refractivity contribution in [1.82, 2.24) is 9.59 Å². The molecule has 34 heavy (non-hydrogen) atoms. The van der Waals surface area contributed by atoms with Crippen molar-refractivity contribution in [2.75, 3.05) is 23.8 Å². The van der Waals surface area contributed by atoms with Gasteiger partial charge in [-0.3, -0.25) is 9.10 Å².